The van der Waals surface area contributed by atoms with E-state index < -0.39 is 0 Å². The number of aromatic amines is 1. The molecule has 0 aliphatic carbocycles. The lowest BCUT2D eigenvalue weighted by atomic mass is 10.0. The number of hydrogen-bond acceptors (Lipinski definition) is 4. The number of benzene rings is 3. The molecule has 6 nitrogen and oxygen atoms in total. The van der Waals surface area contributed by atoms with Crippen molar-refractivity contribution >= 4 is 28.6 Å². The van der Waals surface area contributed by atoms with Crippen molar-refractivity contribution in [3.63, 3.8) is 0 Å². The average molecular weight is 438 g/mol. The third-order valence-corrected chi connectivity index (χ3v) is 6.91. The second-order valence-corrected chi connectivity index (χ2v) is 9.10. The first kappa shape index (κ1) is 20.0. The van der Waals surface area contributed by atoms with E-state index in [9.17, 15) is 4.79 Å². The predicted octanol–water partition coefficient (Wildman–Crippen LogP) is 4.58. The standard InChI is InChI=1S/C27H27N5O/c1-18(2)30-13-15-31(16-14-30)21-11-9-19(10-12-21)22-6-4-8-24-25(22)28-17-20-5-3-7-23-26(20)32(24)27(33)29-23/h3-12,17-18H,13-16H2,1-2H3,(H,29,33). The quantitative estimate of drug-likeness (QED) is 0.450. The minimum Gasteiger partial charge on any atom is -0.369 e. The van der Waals surface area contributed by atoms with Crippen LogP contribution in [0.4, 0.5) is 11.4 Å². The van der Waals surface area contributed by atoms with E-state index in [4.69, 9.17) is 4.99 Å². The maximum absolute atomic E-state index is 12.8. The first-order valence-corrected chi connectivity index (χ1v) is 11.6. The molecule has 0 radical (unpaired) electrons. The van der Waals surface area contributed by atoms with Crippen molar-refractivity contribution < 1.29 is 0 Å². The second-order valence-electron chi connectivity index (χ2n) is 9.10. The molecule has 1 aromatic heterocycles. The van der Waals surface area contributed by atoms with Gasteiger partial charge in [-0.2, -0.15) is 0 Å². The van der Waals surface area contributed by atoms with E-state index in [0.29, 0.717) is 6.04 Å². The molecule has 33 heavy (non-hydrogen) atoms. The molecule has 3 heterocycles. The number of piperazine rings is 1. The summed E-state index contributed by atoms with van der Waals surface area (Å²) in [6, 6.07) is 21.3. The summed E-state index contributed by atoms with van der Waals surface area (Å²) in [5, 5.41) is 0. The molecule has 2 aliphatic heterocycles. The summed E-state index contributed by atoms with van der Waals surface area (Å²) < 4.78 is 1.75. The van der Waals surface area contributed by atoms with Crippen LogP contribution in [-0.4, -0.2) is 52.9 Å². The molecular formula is C27H27N5O. The molecule has 6 rings (SSSR count). The summed E-state index contributed by atoms with van der Waals surface area (Å²) in [7, 11) is 0. The van der Waals surface area contributed by atoms with Gasteiger partial charge in [0.2, 0.25) is 0 Å². The Morgan fingerprint density at radius 2 is 1.67 bits per heavy atom. The van der Waals surface area contributed by atoms with E-state index in [0.717, 1.165) is 65.3 Å². The van der Waals surface area contributed by atoms with Crippen molar-refractivity contribution in [3.8, 4) is 16.8 Å². The first-order chi connectivity index (χ1) is 16.1. The topological polar surface area (TPSA) is 56.6 Å². The van der Waals surface area contributed by atoms with Gasteiger partial charge in [-0.15, -0.1) is 0 Å². The van der Waals surface area contributed by atoms with Crippen LogP contribution in [0.15, 0.2) is 70.5 Å². The monoisotopic (exact) mass is 437 g/mol. The third-order valence-electron chi connectivity index (χ3n) is 6.91. The van der Waals surface area contributed by atoms with Crippen LogP contribution in [0.2, 0.25) is 0 Å². The number of hydrogen-bond donors (Lipinski definition) is 1. The maximum atomic E-state index is 12.8. The van der Waals surface area contributed by atoms with E-state index in [1.807, 2.05) is 36.5 Å². The van der Waals surface area contributed by atoms with Crippen LogP contribution < -0.4 is 10.6 Å². The molecule has 1 saturated heterocycles. The minimum absolute atomic E-state index is 0.141. The van der Waals surface area contributed by atoms with Crippen LogP contribution in [0.25, 0.3) is 27.8 Å². The molecule has 0 spiro atoms. The number of aromatic nitrogens is 2. The number of imidazole rings is 1. The molecule has 0 saturated carbocycles. The molecule has 3 aromatic carbocycles. The molecule has 0 unspecified atom stereocenters. The molecule has 4 aromatic rings. The number of nitrogens with zero attached hydrogens (tertiary/aromatic N) is 4. The zero-order chi connectivity index (χ0) is 22.5. The number of fused-ring (bicyclic) bond motifs is 2. The van der Waals surface area contributed by atoms with Gasteiger partial charge in [-0.1, -0.05) is 36.4 Å². The van der Waals surface area contributed by atoms with E-state index in [-0.39, 0.29) is 5.69 Å². The van der Waals surface area contributed by atoms with Crippen molar-refractivity contribution in [2.45, 2.75) is 19.9 Å². The Kier molecular flexibility index (Phi) is 4.69. The number of rotatable bonds is 3. The summed E-state index contributed by atoms with van der Waals surface area (Å²) in [6.45, 7) is 8.82. The highest BCUT2D eigenvalue weighted by Gasteiger charge is 2.21. The summed E-state index contributed by atoms with van der Waals surface area (Å²) in [5.41, 5.74) is 7.48. The van der Waals surface area contributed by atoms with Gasteiger partial charge < -0.3 is 9.88 Å². The Morgan fingerprint density at radius 3 is 2.42 bits per heavy atom. The minimum atomic E-state index is -0.141. The lowest BCUT2D eigenvalue weighted by Gasteiger charge is -2.38. The predicted molar refractivity (Wildman–Crippen MR) is 136 cm³/mol. The molecule has 0 bridgehead atoms. The van der Waals surface area contributed by atoms with Crippen molar-refractivity contribution in [1.29, 1.82) is 0 Å². The number of H-pyrrole nitrogens is 1. The van der Waals surface area contributed by atoms with Crippen molar-refractivity contribution in [3.05, 3.63) is 76.7 Å². The second kappa shape index (κ2) is 7.74. The molecule has 2 aliphatic rings. The molecule has 166 valence electrons. The zero-order valence-electron chi connectivity index (χ0n) is 19.0. The summed E-state index contributed by atoms with van der Waals surface area (Å²) in [5.74, 6) is 0. The Labute approximate surface area is 192 Å². The van der Waals surface area contributed by atoms with Crippen molar-refractivity contribution in [2.75, 3.05) is 31.1 Å². The van der Waals surface area contributed by atoms with Crippen LogP contribution in [0.1, 0.15) is 19.4 Å². The normalized spacial score (nSPS) is 15.8. The van der Waals surface area contributed by atoms with Crippen molar-refractivity contribution in [2.24, 2.45) is 4.99 Å². The van der Waals surface area contributed by atoms with Crippen LogP contribution in [-0.2, 0) is 0 Å². The van der Waals surface area contributed by atoms with E-state index >= 15 is 0 Å². The number of aliphatic imine (C=N–C) groups is 1. The van der Waals surface area contributed by atoms with E-state index in [1.165, 1.54) is 5.69 Å². The molecule has 1 N–H and O–H groups in total. The highest BCUT2D eigenvalue weighted by atomic mass is 16.1. The summed E-state index contributed by atoms with van der Waals surface area (Å²) in [4.78, 5) is 25.6. The Bertz CT molecular complexity index is 1420. The first-order valence-electron chi connectivity index (χ1n) is 11.6. The van der Waals surface area contributed by atoms with Gasteiger partial charge in [-0.25, -0.2) is 4.79 Å². The number of nitrogens with one attached hydrogen (secondary N) is 1. The average Bonchev–Trinajstić information content (AvgIpc) is 3.08. The van der Waals surface area contributed by atoms with Gasteiger partial charge in [0.05, 0.1) is 22.4 Å². The molecule has 0 atom stereocenters. The van der Waals surface area contributed by atoms with Gasteiger partial charge in [0.15, 0.2) is 0 Å². The lowest BCUT2D eigenvalue weighted by molar-refractivity contribution is 0.209. The van der Waals surface area contributed by atoms with Gasteiger partial charge in [0, 0.05) is 55.2 Å². The van der Waals surface area contributed by atoms with Gasteiger partial charge in [0.25, 0.3) is 0 Å². The van der Waals surface area contributed by atoms with Crippen LogP contribution in [0.5, 0.6) is 0 Å². The fraction of sp³-hybridized carbons (Fsp3) is 0.259. The summed E-state index contributed by atoms with van der Waals surface area (Å²) in [6.07, 6.45) is 1.87. The molecule has 6 heteroatoms. The highest BCUT2D eigenvalue weighted by molar-refractivity contribution is 6.02. The summed E-state index contributed by atoms with van der Waals surface area (Å²) >= 11 is 0. The maximum Gasteiger partial charge on any atom is 0.331 e. The Hall–Kier alpha value is -3.64. The van der Waals surface area contributed by atoms with Gasteiger partial charge >= 0.3 is 5.69 Å². The van der Waals surface area contributed by atoms with Gasteiger partial charge in [0.1, 0.15) is 0 Å². The van der Waals surface area contributed by atoms with E-state index in [1.54, 1.807) is 4.57 Å². The van der Waals surface area contributed by atoms with Crippen LogP contribution >= 0.6 is 0 Å². The lowest BCUT2D eigenvalue weighted by Crippen LogP contribution is -2.48. The van der Waals surface area contributed by atoms with E-state index in [2.05, 4.69) is 59.0 Å². The fourth-order valence-corrected chi connectivity index (χ4v) is 5.08. The van der Waals surface area contributed by atoms with Crippen molar-refractivity contribution in [1.82, 2.24) is 14.5 Å². The largest absolute Gasteiger partial charge is 0.369 e. The molecular weight excluding hydrogens is 410 g/mol. The fourth-order valence-electron chi connectivity index (χ4n) is 5.08. The smallest absolute Gasteiger partial charge is 0.331 e. The Balaban J connectivity index is 1.37. The molecule has 0 amide bonds. The Morgan fingerprint density at radius 1 is 0.909 bits per heavy atom. The third kappa shape index (κ3) is 3.29. The van der Waals surface area contributed by atoms with Gasteiger partial charge in [-0.05, 0) is 43.7 Å². The van der Waals surface area contributed by atoms with Crippen LogP contribution in [0, 0.1) is 0 Å². The van der Waals surface area contributed by atoms with Crippen LogP contribution in [0.3, 0.4) is 0 Å². The molecule has 1 fully saturated rings. The SMILES string of the molecule is CC(C)N1CCN(c2ccc(-c3cccc4c3N=Cc3cccc5[nH]c(=O)n-4c35)cc2)CC1. The zero-order valence-corrected chi connectivity index (χ0v) is 19.0. The number of anilines is 1. The van der Waals surface area contributed by atoms with Gasteiger partial charge in [-0.3, -0.25) is 14.5 Å². The highest BCUT2D eigenvalue weighted by Crippen LogP contribution is 2.38. The number of para-hydroxylation sites is 2.